The van der Waals surface area contributed by atoms with Gasteiger partial charge in [-0.25, -0.2) is 0 Å². The van der Waals surface area contributed by atoms with Gasteiger partial charge in [0.1, 0.15) is 15.6 Å². The van der Waals surface area contributed by atoms with Crippen molar-refractivity contribution < 1.29 is 9.53 Å². The number of fused-ring (bicyclic) bond motifs is 1. The molecule has 3 rings (SSSR count). The van der Waals surface area contributed by atoms with E-state index in [4.69, 9.17) is 27.9 Å². The Hall–Kier alpha value is -1.75. The van der Waals surface area contributed by atoms with E-state index >= 15 is 0 Å². The van der Waals surface area contributed by atoms with Crippen molar-refractivity contribution >= 4 is 56.2 Å². The third kappa shape index (κ3) is 2.97. The van der Waals surface area contributed by atoms with Gasteiger partial charge in [-0.2, -0.15) is 0 Å². The fourth-order valence-electron chi connectivity index (χ4n) is 2.51. The van der Waals surface area contributed by atoms with E-state index in [1.54, 1.807) is 13.2 Å². The number of aryl methyl sites for hydroxylation is 1. The number of benzene rings is 2. The maximum absolute atomic E-state index is 12.7. The van der Waals surface area contributed by atoms with Crippen LogP contribution in [0.4, 0.5) is 5.69 Å². The normalized spacial score (nSPS) is 10.8. The number of ether oxygens (including phenoxy) is 1. The van der Waals surface area contributed by atoms with Gasteiger partial charge in [0.05, 0.1) is 16.8 Å². The Morgan fingerprint density at radius 1 is 1.17 bits per heavy atom. The monoisotopic (exact) mass is 379 g/mol. The van der Waals surface area contributed by atoms with Crippen LogP contribution in [0.1, 0.15) is 22.2 Å². The van der Waals surface area contributed by atoms with Gasteiger partial charge in [-0.05, 0) is 30.2 Å². The number of carbonyl (C=O) groups is 1. The molecule has 1 N–H and O–H groups in total. The summed E-state index contributed by atoms with van der Waals surface area (Å²) in [5.74, 6) is 0.322. The first-order valence-corrected chi connectivity index (χ1v) is 8.97. The minimum Gasteiger partial charge on any atom is -0.495 e. The Morgan fingerprint density at radius 3 is 2.62 bits per heavy atom. The highest BCUT2D eigenvalue weighted by atomic mass is 35.5. The van der Waals surface area contributed by atoms with E-state index in [9.17, 15) is 4.79 Å². The van der Waals surface area contributed by atoms with Gasteiger partial charge in [0.2, 0.25) is 0 Å². The van der Waals surface area contributed by atoms with Gasteiger partial charge in [0.15, 0.2) is 0 Å². The van der Waals surface area contributed by atoms with Gasteiger partial charge in [-0.3, -0.25) is 4.79 Å². The molecule has 124 valence electrons. The number of methoxy groups -OCH3 is 1. The van der Waals surface area contributed by atoms with Crippen LogP contribution in [0.5, 0.6) is 5.75 Å². The van der Waals surface area contributed by atoms with E-state index in [0.29, 0.717) is 20.7 Å². The van der Waals surface area contributed by atoms with E-state index in [2.05, 4.69) is 5.32 Å². The predicted octanol–water partition coefficient (Wildman–Crippen LogP) is 6.03. The summed E-state index contributed by atoms with van der Waals surface area (Å²) in [6, 6.07) is 11.3. The third-order valence-corrected chi connectivity index (χ3v) is 5.99. The zero-order valence-electron chi connectivity index (χ0n) is 13.2. The Balaban J connectivity index is 2.01. The van der Waals surface area contributed by atoms with Crippen molar-refractivity contribution in [3.63, 3.8) is 0 Å². The summed E-state index contributed by atoms with van der Waals surface area (Å²) >= 11 is 14.0. The second-order valence-electron chi connectivity index (χ2n) is 5.17. The second-order valence-corrected chi connectivity index (χ2v) is 6.95. The summed E-state index contributed by atoms with van der Waals surface area (Å²) in [6.45, 7) is 2.05. The topological polar surface area (TPSA) is 38.3 Å². The molecule has 0 saturated carbocycles. The molecule has 6 heteroatoms. The molecule has 0 fully saturated rings. The zero-order valence-corrected chi connectivity index (χ0v) is 15.5. The van der Waals surface area contributed by atoms with Gasteiger partial charge in [0.25, 0.3) is 5.91 Å². The van der Waals surface area contributed by atoms with Crippen LogP contribution in [0.3, 0.4) is 0 Å². The van der Waals surface area contributed by atoms with E-state index in [0.717, 1.165) is 27.8 Å². The lowest BCUT2D eigenvalue weighted by atomic mass is 10.1. The number of anilines is 1. The smallest absolute Gasteiger partial charge is 0.267 e. The van der Waals surface area contributed by atoms with Crippen LogP contribution in [0.2, 0.25) is 10.0 Å². The minimum atomic E-state index is -0.239. The largest absolute Gasteiger partial charge is 0.495 e. The molecule has 0 aliphatic carbocycles. The van der Waals surface area contributed by atoms with Crippen LogP contribution in [0, 0.1) is 0 Å². The summed E-state index contributed by atoms with van der Waals surface area (Å²) in [5, 5.41) is 4.57. The summed E-state index contributed by atoms with van der Waals surface area (Å²) in [5.41, 5.74) is 1.87. The van der Waals surface area contributed by atoms with Gasteiger partial charge in [0, 0.05) is 11.1 Å². The summed E-state index contributed by atoms with van der Waals surface area (Å²) in [7, 11) is 1.55. The molecule has 0 saturated heterocycles. The van der Waals surface area contributed by atoms with Crippen LogP contribution in [-0.2, 0) is 6.42 Å². The van der Waals surface area contributed by atoms with Gasteiger partial charge in [-0.15, -0.1) is 11.3 Å². The summed E-state index contributed by atoms with van der Waals surface area (Å²) in [6.07, 6.45) is 0.833. The fourth-order valence-corrected chi connectivity index (χ4v) is 4.30. The molecule has 24 heavy (non-hydrogen) atoms. The van der Waals surface area contributed by atoms with Crippen molar-refractivity contribution in [2.75, 3.05) is 12.4 Å². The maximum Gasteiger partial charge on any atom is 0.267 e. The number of amides is 1. The molecule has 1 amide bonds. The lowest BCUT2D eigenvalue weighted by Crippen LogP contribution is -2.12. The molecule has 3 nitrogen and oxygen atoms in total. The molecule has 0 bridgehead atoms. The van der Waals surface area contributed by atoms with Crippen LogP contribution in [-0.4, -0.2) is 13.0 Å². The highest BCUT2D eigenvalue weighted by molar-refractivity contribution is 7.22. The van der Waals surface area contributed by atoms with Crippen molar-refractivity contribution in [3.8, 4) is 5.75 Å². The number of hydrogen-bond acceptors (Lipinski definition) is 3. The van der Waals surface area contributed by atoms with E-state index in [1.165, 1.54) is 11.3 Å². The third-order valence-electron chi connectivity index (χ3n) is 3.77. The predicted molar refractivity (Wildman–Crippen MR) is 102 cm³/mol. The molecule has 0 spiro atoms. The Bertz CT molecular complexity index is 921. The molecule has 0 aliphatic rings. The van der Waals surface area contributed by atoms with Crippen molar-refractivity contribution in [2.45, 2.75) is 13.3 Å². The van der Waals surface area contributed by atoms with E-state index < -0.39 is 0 Å². The van der Waals surface area contributed by atoms with E-state index in [1.807, 2.05) is 37.3 Å². The number of thiophene rings is 1. The Kier molecular flexibility index (Phi) is 4.99. The standard InChI is InChI=1S/C18H15Cl2NO2S/c1-3-10-6-4-5-7-12(10)21-18(22)17-14(19)11-8-9-13(23-2)15(20)16(11)24-17/h4-9H,3H2,1-2H3,(H,21,22). The quantitative estimate of drug-likeness (QED) is 0.600. The lowest BCUT2D eigenvalue weighted by Gasteiger charge is -2.08. The van der Waals surface area contributed by atoms with Crippen molar-refractivity contribution in [2.24, 2.45) is 0 Å². The lowest BCUT2D eigenvalue weighted by molar-refractivity contribution is 0.103. The van der Waals surface area contributed by atoms with Crippen LogP contribution < -0.4 is 10.1 Å². The number of para-hydroxylation sites is 1. The molecule has 1 aromatic heterocycles. The fraction of sp³-hybridized carbons (Fsp3) is 0.167. The molecule has 0 radical (unpaired) electrons. The number of nitrogens with one attached hydrogen (secondary N) is 1. The zero-order chi connectivity index (χ0) is 17.3. The average Bonchev–Trinajstić information content (AvgIpc) is 2.94. The number of rotatable bonds is 4. The molecule has 0 atom stereocenters. The molecular weight excluding hydrogens is 365 g/mol. The summed E-state index contributed by atoms with van der Waals surface area (Å²) < 4.78 is 5.97. The summed E-state index contributed by atoms with van der Waals surface area (Å²) in [4.78, 5) is 13.1. The molecule has 3 aromatic rings. The number of hydrogen-bond donors (Lipinski definition) is 1. The maximum atomic E-state index is 12.7. The highest BCUT2D eigenvalue weighted by Gasteiger charge is 2.20. The molecule has 0 unspecified atom stereocenters. The first kappa shape index (κ1) is 17.1. The molecular formula is C18H15Cl2NO2S. The Labute approximate surface area is 154 Å². The minimum absolute atomic E-state index is 0.239. The van der Waals surface area contributed by atoms with Crippen molar-refractivity contribution in [1.82, 2.24) is 0 Å². The molecule has 0 aliphatic heterocycles. The van der Waals surface area contributed by atoms with Gasteiger partial charge < -0.3 is 10.1 Å². The van der Waals surface area contributed by atoms with Crippen LogP contribution >= 0.6 is 34.5 Å². The van der Waals surface area contributed by atoms with Gasteiger partial charge in [-0.1, -0.05) is 48.3 Å². The molecule has 1 heterocycles. The second kappa shape index (κ2) is 7.01. The average molecular weight is 380 g/mol. The van der Waals surface area contributed by atoms with Crippen molar-refractivity contribution in [3.05, 3.63) is 56.9 Å². The first-order chi connectivity index (χ1) is 11.6. The Morgan fingerprint density at radius 2 is 1.92 bits per heavy atom. The van der Waals surface area contributed by atoms with Gasteiger partial charge >= 0.3 is 0 Å². The highest BCUT2D eigenvalue weighted by Crippen LogP contribution is 2.43. The van der Waals surface area contributed by atoms with E-state index in [-0.39, 0.29) is 5.91 Å². The number of carbonyl (C=O) groups excluding carboxylic acids is 1. The van der Waals surface area contributed by atoms with Crippen LogP contribution in [0.25, 0.3) is 10.1 Å². The van der Waals surface area contributed by atoms with Crippen LogP contribution in [0.15, 0.2) is 36.4 Å². The van der Waals surface area contributed by atoms with Crippen molar-refractivity contribution in [1.29, 1.82) is 0 Å². The first-order valence-electron chi connectivity index (χ1n) is 7.40. The SMILES string of the molecule is CCc1ccccc1NC(=O)c1sc2c(Cl)c(OC)ccc2c1Cl. The number of halogens is 2. The molecule has 2 aromatic carbocycles.